The van der Waals surface area contributed by atoms with Gasteiger partial charge in [0, 0.05) is 7.05 Å². The summed E-state index contributed by atoms with van der Waals surface area (Å²) < 4.78 is 25.9. The zero-order valence-electron chi connectivity index (χ0n) is 14.3. The van der Waals surface area contributed by atoms with E-state index in [9.17, 15) is 23.1 Å². The zero-order chi connectivity index (χ0) is 18.5. The predicted octanol–water partition coefficient (Wildman–Crippen LogP) is 1.60. The number of benzene rings is 1. The molecule has 0 unspecified atom stereocenters. The number of carbonyl (C=O) groups is 2. The van der Waals surface area contributed by atoms with Gasteiger partial charge in [-0.1, -0.05) is 43.9 Å². The Morgan fingerprint density at radius 3 is 2.20 bits per heavy atom. The van der Waals surface area contributed by atoms with Crippen LogP contribution in [-0.2, 0) is 19.6 Å². The molecule has 1 fully saturated rings. The maximum atomic E-state index is 12.5. The molecule has 138 valence electrons. The van der Waals surface area contributed by atoms with Crippen molar-refractivity contribution in [3.63, 3.8) is 0 Å². The Balaban J connectivity index is 2.09. The second-order valence-electron chi connectivity index (χ2n) is 6.42. The zero-order valence-corrected chi connectivity index (χ0v) is 15.1. The van der Waals surface area contributed by atoms with E-state index in [0.29, 0.717) is 12.8 Å². The number of sulfonamides is 1. The van der Waals surface area contributed by atoms with Crippen molar-refractivity contribution in [1.29, 1.82) is 0 Å². The van der Waals surface area contributed by atoms with Gasteiger partial charge in [-0.15, -0.1) is 0 Å². The number of carboxylic acids is 1. The number of carboxylic acid groups (broad SMARTS) is 1. The molecule has 1 aromatic carbocycles. The number of nitrogens with one attached hydrogen (secondary N) is 1. The Bertz CT molecular complexity index is 710. The lowest BCUT2D eigenvalue weighted by Gasteiger charge is -2.30. The highest BCUT2D eigenvalue weighted by Gasteiger charge is 2.40. The van der Waals surface area contributed by atoms with Crippen molar-refractivity contribution in [2.24, 2.45) is 0 Å². The molecule has 1 aliphatic carbocycles. The van der Waals surface area contributed by atoms with Gasteiger partial charge >= 0.3 is 5.97 Å². The summed E-state index contributed by atoms with van der Waals surface area (Å²) in [5, 5.41) is 12.2. The summed E-state index contributed by atoms with van der Waals surface area (Å²) in [4.78, 5) is 24.2. The molecule has 0 heterocycles. The molecule has 7 nitrogen and oxygen atoms in total. The minimum absolute atomic E-state index is 0.0905. The first-order valence-electron chi connectivity index (χ1n) is 8.34. The van der Waals surface area contributed by atoms with Gasteiger partial charge in [-0.2, -0.15) is 4.31 Å². The van der Waals surface area contributed by atoms with Crippen molar-refractivity contribution >= 4 is 21.9 Å². The van der Waals surface area contributed by atoms with Gasteiger partial charge in [-0.3, -0.25) is 4.79 Å². The standard InChI is InChI=1S/C17H24N2O5S/c1-19(25(23,24)14-9-5-4-6-10-14)13-15(20)18-17(16(21)22)11-7-2-3-8-12-17/h4-6,9-10H,2-3,7-8,11-13H2,1H3,(H,18,20)(H,21,22). The molecular weight excluding hydrogens is 344 g/mol. The Morgan fingerprint density at radius 2 is 1.68 bits per heavy atom. The lowest BCUT2D eigenvalue weighted by atomic mass is 9.90. The maximum absolute atomic E-state index is 12.5. The Morgan fingerprint density at radius 1 is 1.12 bits per heavy atom. The quantitative estimate of drug-likeness (QED) is 0.742. The van der Waals surface area contributed by atoms with Crippen LogP contribution in [0.3, 0.4) is 0 Å². The first-order chi connectivity index (χ1) is 11.8. The fourth-order valence-corrected chi connectivity index (χ4v) is 4.24. The smallest absolute Gasteiger partial charge is 0.329 e. The van der Waals surface area contributed by atoms with E-state index in [1.807, 2.05) is 0 Å². The van der Waals surface area contributed by atoms with Crippen molar-refractivity contribution < 1.29 is 23.1 Å². The number of nitrogens with zero attached hydrogens (tertiary/aromatic N) is 1. The fourth-order valence-electron chi connectivity index (χ4n) is 3.09. The number of aliphatic carboxylic acids is 1. The molecular formula is C17H24N2O5S. The number of rotatable bonds is 6. The van der Waals surface area contributed by atoms with E-state index < -0.39 is 34.0 Å². The van der Waals surface area contributed by atoms with E-state index in [-0.39, 0.29) is 4.90 Å². The normalized spacial score (nSPS) is 17.7. The van der Waals surface area contributed by atoms with Gasteiger partial charge in [0.15, 0.2) is 0 Å². The molecule has 0 spiro atoms. The molecule has 8 heteroatoms. The molecule has 1 saturated carbocycles. The van der Waals surface area contributed by atoms with Crippen LogP contribution in [0, 0.1) is 0 Å². The van der Waals surface area contributed by atoms with Crippen LogP contribution in [0.2, 0.25) is 0 Å². The summed E-state index contributed by atoms with van der Waals surface area (Å²) in [7, 11) is -2.49. The summed E-state index contributed by atoms with van der Waals surface area (Å²) in [6, 6.07) is 7.81. The van der Waals surface area contributed by atoms with Crippen LogP contribution in [0.4, 0.5) is 0 Å². The Labute approximate surface area is 148 Å². The predicted molar refractivity (Wildman–Crippen MR) is 92.5 cm³/mol. The van der Waals surface area contributed by atoms with Gasteiger partial charge in [-0.05, 0) is 25.0 Å². The molecule has 0 aliphatic heterocycles. The van der Waals surface area contributed by atoms with Gasteiger partial charge in [0.25, 0.3) is 0 Å². The summed E-state index contributed by atoms with van der Waals surface area (Å²) >= 11 is 0. The van der Waals surface area contributed by atoms with Crippen LogP contribution < -0.4 is 5.32 Å². The SMILES string of the molecule is CN(CC(=O)NC1(C(=O)O)CCCCCC1)S(=O)(=O)c1ccccc1. The second kappa shape index (κ2) is 7.97. The first-order valence-corrected chi connectivity index (χ1v) is 9.78. The average Bonchev–Trinajstić information content (AvgIpc) is 2.82. The van der Waals surface area contributed by atoms with Crippen LogP contribution in [0.25, 0.3) is 0 Å². The van der Waals surface area contributed by atoms with Gasteiger partial charge in [-0.25, -0.2) is 13.2 Å². The van der Waals surface area contributed by atoms with E-state index in [0.717, 1.165) is 30.0 Å². The third kappa shape index (κ3) is 4.58. The van der Waals surface area contributed by atoms with Crippen molar-refractivity contribution in [2.45, 2.75) is 49.0 Å². The van der Waals surface area contributed by atoms with Crippen LogP contribution in [0.1, 0.15) is 38.5 Å². The maximum Gasteiger partial charge on any atom is 0.329 e. The Kier molecular flexibility index (Phi) is 6.18. The largest absolute Gasteiger partial charge is 0.480 e. The van der Waals surface area contributed by atoms with Crippen molar-refractivity contribution in [2.75, 3.05) is 13.6 Å². The highest BCUT2D eigenvalue weighted by Crippen LogP contribution is 2.27. The van der Waals surface area contributed by atoms with Crippen LogP contribution >= 0.6 is 0 Å². The molecule has 1 aliphatic rings. The first kappa shape index (κ1) is 19.4. The number of hydrogen-bond donors (Lipinski definition) is 2. The average molecular weight is 368 g/mol. The van der Waals surface area contributed by atoms with E-state index in [2.05, 4.69) is 5.32 Å². The van der Waals surface area contributed by atoms with Crippen LogP contribution in [0.15, 0.2) is 35.2 Å². The number of likely N-dealkylation sites (N-methyl/N-ethyl adjacent to an activating group) is 1. The second-order valence-corrected chi connectivity index (χ2v) is 8.47. The van der Waals surface area contributed by atoms with Gasteiger partial charge in [0.2, 0.25) is 15.9 Å². The van der Waals surface area contributed by atoms with Crippen molar-refractivity contribution in [3.8, 4) is 0 Å². The third-order valence-electron chi connectivity index (χ3n) is 4.56. The summed E-state index contributed by atoms with van der Waals surface area (Å²) in [5.41, 5.74) is -1.30. The van der Waals surface area contributed by atoms with Gasteiger partial charge in [0.05, 0.1) is 11.4 Å². The lowest BCUT2D eigenvalue weighted by Crippen LogP contribution is -2.56. The topological polar surface area (TPSA) is 104 Å². The van der Waals surface area contributed by atoms with E-state index >= 15 is 0 Å². The lowest BCUT2D eigenvalue weighted by molar-refractivity contribution is -0.148. The number of amides is 1. The van der Waals surface area contributed by atoms with Crippen molar-refractivity contribution in [3.05, 3.63) is 30.3 Å². The minimum atomic E-state index is -3.80. The molecule has 0 radical (unpaired) electrons. The summed E-state index contributed by atoms with van der Waals surface area (Å²) in [5.74, 6) is -1.66. The number of hydrogen-bond acceptors (Lipinski definition) is 4. The van der Waals surface area contributed by atoms with E-state index in [1.165, 1.54) is 19.2 Å². The fraction of sp³-hybridized carbons (Fsp3) is 0.529. The van der Waals surface area contributed by atoms with Gasteiger partial charge < -0.3 is 10.4 Å². The highest BCUT2D eigenvalue weighted by atomic mass is 32.2. The van der Waals surface area contributed by atoms with E-state index in [1.54, 1.807) is 18.2 Å². The van der Waals surface area contributed by atoms with E-state index in [4.69, 9.17) is 0 Å². The highest BCUT2D eigenvalue weighted by molar-refractivity contribution is 7.89. The van der Waals surface area contributed by atoms with Gasteiger partial charge in [0.1, 0.15) is 5.54 Å². The molecule has 0 atom stereocenters. The molecule has 1 aromatic rings. The summed E-state index contributed by atoms with van der Waals surface area (Å²) in [6.07, 6.45) is 4.06. The summed E-state index contributed by atoms with van der Waals surface area (Å²) in [6.45, 7) is -0.424. The molecule has 0 aromatic heterocycles. The van der Waals surface area contributed by atoms with Crippen molar-refractivity contribution in [1.82, 2.24) is 9.62 Å². The Hall–Kier alpha value is -1.93. The monoisotopic (exact) mass is 368 g/mol. The molecule has 0 saturated heterocycles. The number of carbonyl (C=O) groups excluding carboxylic acids is 1. The van der Waals surface area contributed by atoms with Crippen LogP contribution in [-0.4, -0.2) is 48.8 Å². The molecule has 0 bridgehead atoms. The minimum Gasteiger partial charge on any atom is -0.480 e. The van der Waals surface area contributed by atoms with Crippen LogP contribution in [0.5, 0.6) is 0 Å². The molecule has 1 amide bonds. The molecule has 2 rings (SSSR count). The third-order valence-corrected chi connectivity index (χ3v) is 6.38. The molecule has 25 heavy (non-hydrogen) atoms. The molecule has 2 N–H and O–H groups in total.